The van der Waals surface area contributed by atoms with Crippen molar-refractivity contribution in [1.29, 1.82) is 0 Å². The summed E-state index contributed by atoms with van der Waals surface area (Å²) in [5.74, 6) is -1.52. The van der Waals surface area contributed by atoms with E-state index in [1.807, 2.05) is 0 Å². The first-order valence-electron chi connectivity index (χ1n) is 5.46. The molecule has 0 aliphatic carbocycles. The molecule has 1 atom stereocenters. The minimum atomic E-state index is -4.01. The summed E-state index contributed by atoms with van der Waals surface area (Å²) in [6, 6.07) is -0.465. The number of carboxylic acids is 1. The molecule has 1 unspecified atom stereocenters. The van der Waals surface area contributed by atoms with Crippen LogP contribution in [0, 0.1) is 0 Å². The van der Waals surface area contributed by atoms with Crippen LogP contribution in [0.15, 0.2) is 11.2 Å². The van der Waals surface area contributed by atoms with Crippen molar-refractivity contribution in [3.8, 4) is 0 Å². The van der Waals surface area contributed by atoms with Crippen molar-refractivity contribution >= 4 is 21.9 Å². The van der Waals surface area contributed by atoms with Crippen molar-refractivity contribution in [2.75, 3.05) is 6.54 Å². The topological polar surface area (TPSA) is 141 Å². The number of H-pyrrole nitrogens is 1. The third-order valence-corrected chi connectivity index (χ3v) is 4.18. The highest BCUT2D eigenvalue weighted by Crippen LogP contribution is 2.14. The molecule has 0 saturated carbocycles. The molecule has 1 saturated heterocycles. The molecule has 1 amide bonds. The minimum Gasteiger partial charge on any atom is -0.478 e. The van der Waals surface area contributed by atoms with Gasteiger partial charge in [0.15, 0.2) is 5.03 Å². The molecular formula is C9H12N4O5S. The Morgan fingerprint density at radius 2 is 2.26 bits per heavy atom. The van der Waals surface area contributed by atoms with Crippen LogP contribution in [0.5, 0.6) is 0 Å². The molecule has 1 aliphatic rings. The van der Waals surface area contributed by atoms with Crippen molar-refractivity contribution in [2.24, 2.45) is 0 Å². The van der Waals surface area contributed by atoms with E-state index in [-0.39, 0.29) is 18.9 Å². The number of carbonyl (C=O) groups excluding carboxylic acids is 1. The normalized spacial score (nSPS) is 20.0. The number of nitrogens with zero attached hydrogens (tertiary/aromatic N) is 1. The molecule has 0 radical (unpaired) electrons. The van der Waals surface area contributed by atoms with Gasteiger partial charge in [-0.05, 0) is 6.42 Å². The van der Waals surface area contributed by atoms with Crippen molar-refractivity contribution in [3.05, 3.63) is 11.8 Å². The number of piperidine rings is 1. The fraction of sp³-hybridized carbons (Fsp3) is 0.444. The highest BCUT2D eigenvalue weighted by Gasteiger charge is 2.29. The van der Waals surface area contributed by atoms with Crippen LogP contribution in [0.4, 0.5) is 0 Å². The second-order valence-electron chi connectivity index (χ2n) is 4.08. The van der Waals surface area contributed by atoms with Gasteiger partial charge in [-0.2, -0.15) is 5.10 Å². The quantitative estimate of drug-likeness (QED) is 0.540. The summed E-state index contributed by atoms with van der Waals surface area (Å²) in [6.07, 6.45) is 1.52. The molecule has 104 valence electrons. The van der Waals surface area contributed by atoms with Crippen molar-refractivity contribution in [3.63, 3.8) is 0 Å². The van der Waals surface area contributed by atoms with Gasteiger partial charge in [-0.25, -0.2) is 17.9 Å². The number of hydrogen-bond acceptors (Lipinski definition) is 5. The van der Waals surface area contributed by atoms with E-state index in [2.05, 4.69) is 20.2 Å². The van der Waals surface area contributed by atoms with Crippen LogP contribution in [0.25, 0.3) is 0 Å². The van der Waals surface area contributed by atoms with Crippen molar-refractivity contribution < 1.29 is 23.1 Å². The van der Waals surface area contributed by atoms with Gasteiger partial charge in [0.1, 0.15) is 5.56 Å². The lowest BCUT2D eigenvalue weighted by Gasteiger charge is -2.22. The summed E-state index contributed by atoms with van der Waals surface area (Å²) >= 11 is 0. The maximum atomic E-state index is 12.0. The van der Waals surface area contributed by atoms with E-state index in [4.69, 9.17) is 5.11 Å². The SMILES string of the molecule is O=C1CCC(NS(=O)(=O)c2[nH]ncc2C(=O)O)CN1. The van der Waals surface area contributed by atoms with E-state index in [9.17, 15) is 18.0 Å². The number of hydrogen-bond donors (Lipinski definition) is 4. The van der Waals surface area contributed by atoms with Crippen LogP contribution in [-0.2, 0) is 14.8 Å². The summed E-state index contributed by atoms with van der Waals surface area (Å²) in [4.78, 5) is 21.8. The summed E-state index contributed by atoms with van der Waals surface area (Å²) < 4.78 is 26.4. The average molecular weight is 288 g/mol. The Hall–Kier alpha value is -1.94. The Morgan fingerprint density at radius 3 is 2.84 bits per heavy atom. The second kappa shape index (κ2) is 4.97. The lowest BCUT2D eigenvalue weighted by atomic mass is 10.1. The third kappa shape index (κ3) is 2.90. The number of aromatic nitrogens is 2. The number of nitrogens with one attached hydrogen (secondary N) is 3. The van der Waals surface area contributed by atoms with E-state index < -0.39 is 32.6 Å². The summed E-state index contributed by atoms with van der Waals surface area (Å²) in [6.45, 7) is 0.175. The predicted molar refractivity (Wildman–Crippen MR) is 61.9 cm³/mol. The van der Waals surface area contributed by atoms with Gasteiger partial charge in [0.05, 0.1) is 6.20 Å². The molecule has 19 heavy (non-hydrogen) atoms. The first-order valence-corrected chi connectivity index (χ1v) is 6.94. The van der Waals surface area contributed by atoms with E-state index in [1.165, 1.54) is 0 Å². The van der Waals surface area contributed by atoms with Crippen LogP contribution < -0.4 is 10.0 Å². The van der Waals surface area contributed by atoms with E-state index in [1.54, 1.807) is 0 Å². The zero-order valence-corrected chi connectivity index (χ0v) is 10.5. The summed E-state index contributed by atoms with van der Waals surface area (Å²) in [5, 5.41) is 16.5. The Bertz CT molecular complexity index is 598. The van der Waals surface area contributed by atoms with Gasteiger partial charge in [-0.15, -0.1) is 0 Å². The molecule has 9 nitrogen and oxygen atoms in total. The van der Waals surface area contributed by atoms with Gasteiger partial charge in [-0.3, -0.25) is 9.89 Å². The maximum absolute atomic E-state index is 12.0. The number of sulfonamides is 1. The van der Waals surface area contributed by atoms with E-state index >= 15 is 0 Å². The van der Waals surface area contributed by atoms with Gasteiger partial charge < -0.3 is 10.4 Å². The molecule has 4 N–H and O–H groups in total. The smallest absolute Gasteiger partial charge is 0.340 e. The van der Waals surface area contributed by atoms with Crippen LogP contribution >= 0.6 is 0 Å². The number of carboxylic acid groups (broad SMARTS) is 1. The standard InChI is InChI=1S/C9H12N4O5S/c14-7-2-1-5(3-10-7)13-19(17,18)8-6(9(15)16)4-11-12-8/h4-5,13H,1-3H2,(H,10,14)(H,11,12)(H,15,16). The first kappa shape index (κ1) is 13.5. The molecular weight excluding hydrogens is 276 g/mol. The second-order valence-corrected chi connectivity index (χ2v) is 5.73. The van der Waals surface area contributed by atoms with Crippen LogP contribution in [0.1, 0.15) is 23.2 Å². The highest BCUT2D eigenvalue weighted by molar-refractivity contribution is 7.89. The zero-order chi connectivity index (χ0) is 14.0. The van der Waals surface area contributed by atoms with Crippen molar-refractivity contribution in [1.82, 2.24) is 20.2 Å². The molecule has 1 aromatic heterocycles. The van der Waals surface area contributed by atoms with Gasteiger partial charge in [-0.1, -0.05) is 0 Å². The van der Waals surface area contributed by atoms with E-state index in [0.717, 1.165) is 6.20 Å². The number of aromatic amines is 1. The Morgan fingerprint density at radius 1 is 1.53 bits per heavy atom. The van der Waals surface area contributed by atoms with Gasteiger partial charge in [0.2, 0.25) is 5.91 Å². The molecule has 10 heteroatoms. The molecule has 0 aromatic carbocycles. The van der Waals surface area contributed by atoms with Crippen LogP contribution in [0.3, 0.4) is 0 Å². The van der Waals surface area contributed by atoms with E-state index in [0.29, 0.717) is 6.42 Å². The maximum Gasteiger partial charge on any atom is 0.340 e. The zero-order valence-electron chi connectivity index (χ0n) is 9.71. The highest BCUT2D eigenvalue weighted by atomic mass is 32.2. The first-order chi connectivity index (χ1) is 8.90. The number of rotatable bonds is 4. The molecule has 1 fully saturated rings. The molecule has 0 spiro atoms. The lowest BCUT2D eigenvalue weighted by molar-refractivity contribution is -0.122. The predicted octanol–water partition coefficient (Wildman–Crippen LogP) is -1.34. The van der Waals surface area contributed by atoms with Gasteiger partial charge in [0, 0.05) is 19.0 Å². The monoisotopic (exact) mass is 288 g/mol. The molecule has 1 aromatic rings. The summed E-state index contributed by atoms with van der Waals surface area (Å²) in [7, 11) is -4.01. The Labute approximate surface area is 108 Å². The number of amides is 1. The molecule has 2 rings (SSSR count). The lowest BCUT2D eigenvalue weighted by Crippen LogP contribution is -2.47. The number of aromatic carboxylic acids is 1. The Kier molecular flexibility index (Phi) is 3.53. The van der Waals surface area contributed by atoms with Gasteiger partial charge in [0.25, 0.3) is 10.0 Å². The van der Waals surface area contributed by atoms with Gasteiger partial charge >= 0.3 is 5.97 Å². The largest absolute Gasteiger partial charge is 0.478 e. The molecule has 2 heterocycles. The van der Waals surface area contributed by atoms with Crippen LogP contribution in [0.2, 0.25) is 0 Å². The summed E-state index contributed by atoms with van der Waals surface area (Å²) in [5.41, 5.74) is -0.424. The minimum absolute atomic E-state index is 0.136. The average Bonchev–Trinajstić information content (AvgIpc) is 2.82. The number of carbonyl (C=O) groups is 2. The fourth-order valence-electron chi connectivity index (χ4n) is 1.74. The van der Waals surface area contributed by atoms with Crippen LogP contribution in [-0.4, -0.2) is 48.2 Å². The molecule has 1 aliphatic heterocycles. The third-order valence-electron chi connectivity index (χ3n) is 2.69. The molecule has 0 bridgehead atoms. The van der Waals surface area contributed by atoms with Crippen molar-refractivity contribution in [2.45, 2.75) is 23.9 Å². The fourth-order valence-corrected chi connectivity index (χ4v) is 3.10. The Balaban J connectivity index is 2.16.